The van der Waals surface area contributed by atoms with Crippen LogP contribution >= 0.6 is 0 Å². The first kappa shape index (κ1) is 15.1. The Morgan fingerprint density at radius 1 is 1.10 bits per heavy atom. The zero-order valence-corrected chi connectivity index (χ0v) is 12.1. The quantitative estimate of drug-likeness (QED) is 0.678. The summed E-state index contributed by atoms with van der Waals surface area (Å²) >= 11 is 0. The van der Waals surface area contributed by atoms with E-state index >= 15 is 0 Å². The minimum Gasteiger partial charge on any atom is -0.258 e. The molecule has 0 saturated carbocycles. The van der Waals surface area contributed by atoms with E-state index in [1.165, 1.54) is 24.3 Å². The molecule has 0 amide bonds. The van der Waals surface area contributed by atoms with E-state index in [9.17, 15) is 18.5 Å². The first-order chi connectivity index (χ1) is 9.92. The summed E-state index contributed by atoms with van der Waals surface area (Å²) in [6.07, 6.45) is 0. The molecule has 2 aromatic carbocycles. The summed E-state index contributed by atoms with van der Waals surface area (Å²) in [6.45, 7) is 1.56. The molecule has 0 fully saturated rings. The van der Waals surface area contributed by atoms with Gasteiger partial charge in [0.2, 0.25) is 10.0 Å². The van der Waals surface area contributed by atoms with Crippen molar-refractivity contribution < 1.29 is 13.3 Å². The number of nitrogens with one attached hydrogen (secondary N) is 1. The number of nitro benzene ring substituents is 1. The van der Waals surface area contributed by atoms with E-state index in [0.717, 1.165) is 0 Å². The van der Waals surface area contributed by atoms with Gasteiger partial charge in [0.15, 0.2) is 0 Å². The van der Waals surface area contributed by atoms with Gasteiger partial charge >= 0.3 is 0 Å². The molecule has 0 heterocycles. The molecular weight excluding hydrogens is 292 g/mol. The smallest absolute Gasteiger partial charge is 0.258 e. The van der Waals surface area contributed by atoms with Crippen LogP contribution in [-0.2, 0) is 16.6 Å². The van der Waals surface area contributed by atoms with Crippen LogP contribution in [0.5, 0.6) is 0 Å². The lowest BCUT2D eigenvalue weighted by atomic mass is 10.2. The van der Waals surface area contributed by atoms with E-state index < -0.39 is 14.9 Å². The van der Waals surface area contributed by atoms with Crippen LogP contribution in [-0.4, -0.2) is 13.3 Å². The van der Waals surface area contributed by atoms with Gasteiger partial charge in [-0.15, -0.1) is 0 Å². The summed E-state index contributed by atoms with van der Waals surface area (Å²) in [7, 11) is -3.70. The van der Waals surface area contributed by atoms with Gasteiger partial charge in [0.05, 0.1) is 9.82 Å². The monoisotopic (exact) mass is 306 g/mol. The summed E-state index contributed by atoms with van der Waals surface area (Å²) in [4.78, 5) is 10.5. The van der Waals surface area contributed by atoms with E-state index in [2.05, 4.69) is 4.72 Å². The number of hydrogen-bond acceptors (Lipinski definition) is 4. The second-order valence-corrected chi connectivity index (χ2v) is 6.21. The molecule has 21 heavy (non-hydrogen) atoms. The number of nitrogens with zero attached hydrogens (tertiary/aromatic N) is 1. The fourth-order valence-electron chi connectivity index (χ4n) is 1.95. The molecule has 7 heteroatoms. The molecule has 0 bridgehead atoms. The fraction of sp³-hybridized carbons (Fsp3) is 0.143. The Balaban J connectivity index is 2.24. The molecule has 0 atom stereocenters. The highest BCUT2D eigenvalue weighted by Crippen LogP contribution is 2.19. The summed E-state index contributed by atoms with van der Waals surface area (Å²) in [5, 5.41) is 10.9. The van der Waals surface area contributed by atoms with Crippen molar-refractivity contribution in [3.8, 4) is 0 Å². The number of hydrogen-bond donors (Lipinski definition) is 1. The number of nitro groups is 1. The molecule has 0 aliphatic heterocycles. The average Bonchev–Trinajstić information content (AvgIpc) is 2.45. The number of aryl methyl sites for hydroxylation is 1. The van der Waals surface area contributed by atoms with E-state index in [1.807, 2.05) is 0 Å². The van der Waals surface area contributed by atoms with Crippen molar-refractivity contribution in [3.05, 3.63) is 69.8 Å². The highest BCUT2D eigenvalue weighted by atomic mass is 32.2. The largest absolute Gasteiger partial charge is 0.273 e. The zero-order chi connectivity index (χ0) is 15.5. The third-order valence-electron chi connectivity index (χ3n) is 3.02. The number of benzene rings is 2. The van der Waals surface area contributed by atoms with Crippen molar-refractivity contribution in [1.29, 1.82) is 0 Å². The lowest BCUT2D eigenvalue weighted by Gasteiger charge is -2.09. The molecule has 2 aromatic rings. The van der Waals surface area contributed by atoms with Crippen molar-refractivity contribution in [2.45, 2.75) is 18.4 Å². The Hall–Kier alpha value is -2.25. The van der Waals surface area contributed by atoms with E-state index in [0.29, 0.717) is 11.1 Å². The van der Waals surface area contributed by atoms with Gasteiger partial charge in [-0.1, -0.05) is 36.4 Å². The standard InChI is InChI=1S/C14H14N2O4S/c1-11-6-2-5-9-14(11)21(19,20)15-10-12-7-3-4-8-13(12)16(17)18/h2-9,15H,10H2,1H3. The van der Waals surface area contributed by atoms with Crippen molar-refractivity contribution in [2.24, 2.45) is 0 Å². The molecule has 0 aliphatic rings. The van der Waals surface area contributed by atoms with Crippen LogP contribution in [0, 0.1) is 17.0 Å². The second kappa shape index (κ2) is 6.02. The summed E-state index contributed by atoms with van der Waals surface area (Å²) in [5.74, 6) is 0. The second-order valence-electron chi connectivity index (χ2n) is 4.48. The molecule has 0 aromatic heterocycles. The maximum atomic E-state index is 12.2. The lowest BCUT2D eigenvalue weighted by Crippen LogP contribution is -2.24. The highest BCUT2D eigenvalue weighted by Gasteiger charge is 2.18. The molecule has 0 spiro atoms. The van der Waals surface area contributed by atoms with Gasteiger partial charge in [0.25, 0.3) is 5.69 Å². The van der Waals surface area contributed by atoms with E-state index in [-0.39, 0.29) is 17.1 Å². The van der Waals surface area contributed by atoms with Crippen molar-refractivity contribution in [1.82, 2.24) is 4.72 Å². The van der Waals surface area contributed by atoms with Crippen LogP contribution in [0.4, 0.5) is 5.69 Å². The third kappa shape index (κ3) is 3.45. The van der Waals surface area contributed by atoms with Crippen molar-refractivity contribution in [3.63, 3.8) is 0 Å². The number of sulfonamides is 1. The molecule has 0 aliphatic carbocycles. The molecular formula is C14H14N2O4S. The highest BCUT2D eigenvalue weighted by molar-refractivity contribution is 7.89. The number of para-hydroxylation sites is 1. The minimum absolute atomic E-state index is 0.106. The van der Waals surface area contributed by atoms with Gasteiger partial charge in [-0.3, -0.25) is 10.1 Å². The van der Waals surface area contributed by atoms with Crippen LogP contribution in [0.15, 0.2) is 53.4 Å². The molecule has 1 N–H and O–H groups in total. The number of rotatable bonds is 5. The van der Waals surface area contributed by atoms with Gasteiger partial charge in [-0.2, -0.15) is 0 Å². The van der Waals surface area contributed by atoms with Gasteiger partial charge in [-0.05, 0) is 18.6 Å². The van der Waals surface area contributed by atoms with Gasteiger partial charge in [-0.25, -0.2) is 13.1 Å². The van der Waals surface area contributed by atoms with Gasteiger partial charge in [0, 0.05) is 18.2 Å². The Morgan fingerprint density at radius 3 is 2.38 bits per heavy atom. The first-order valence-corrected chi connectivity index (χ1v) is 7.68. The average molecular weight is 306 g/mol. The Bertz CT molecular complexity index is 772. The van der Waals surface area contributed by atoms with Crippen molar-refractivity contribution in [2.75, 3.05) is 0 Å². The molecule has 2 rings (SSSR count). The summed E-state index contributed by atoms with van der Waals surface area (Å²) in [6, 6.07) is 12.6. The van der Waals surface area contributed by atoms with Crippen LogP contribution in [0.2, 0.25) is 0 Å². The zero-order valence-electron chi connectivity index (χ0n) is 11.3. The maximum Gasteiger partial charge on any atom is 0.273 e. The Morgan fingerprint density at radius 2 is 1.71 bits per heavy atom. The Labute approximate surface area is 122 Å². The van der Waals surface area contributed by atoms with Crippen molar-refractivity contribution >= 4 is 15.7 Å². The van der Waals surface area contributed by atoms with Crippen LogP contribution in [0.1, 0.15) is 11.1 Å². The SMILES string of the molecule is Cc1ccccc1S(=O)(=O)NCc1ccccc1[N+](=O)[O-]. The predicted molar refractivity (Wildman–Crippen MR) is 78.3 cm³/mol. The van der Waals surface area contributed by atoms with Crippen LogP contribution < -0.4 is 4.72 Å². The fourth-order valence-corrected chi connectivity index (χ4v) is 3.20. The molecule has 110 valence electrons. The molecule has 0 unspecified atom stereocenters. The molecule has 0 saturated heterocycles. The normalized spacial score (nSPS) is 11.3. The van der Waals surface area contributed by atoms with E-state index in [1.54, 1.807) is 31.2 Å². The first-order valence-electron chi connectivity index (χ1n) is 6.19. The molecule has 0 radical (unpaired) electrons. The minimum atomic E-state index is -3.70. The predicted octanol–water partition coefficient (Wildman–Crippen LogP) is 2.38. The topological polar surface area (TPSA) is 89.3 Å². The van der Waals surface area contributed by atoms with Gasteiger partial charge < -0.3 is 0 Å². The lowest BCUT2D eigenvalue weighted by molar-refractivity contribution is -0.385. The molecule has 6 nitrogen and oxygen atoms in total. The maximum absolute atomic E-state index is 12.2. The van der Waals surface area contributed by atoms with Gasteiger partial charge in [0.1, 0.15) is 0 Å². The Kier molecular flexibility index (Phi) is 4.35. The van der Waals surface area contributed by atoms with Crippen LogP contribution in [0.3, 0.4) is 0 Å². The van der Waals surface area contributed by atoms with Crippen LogP contribution in [0.25, 0.3) is 0 Å². The third-order valence-corrected chi connectivity index (χ3v) is 4.59. The summed E-state index contributed by atoms with van der Waals surface area (Å²) in [5.41, 5.74) is 0.831. The summed E-state index contributed by atoms with van der Waals surface area (Å²) < 4.78 is 26.8. The van der Waals surface area contributed by atoms with E-state index in [4.69, 9.17) is 0 Å².